The lowest BCUT2D eigenvalue weighted by Gasteiger charge is -2.35. The van der Waals surface area contributed by atoms with Gasteiger partial charge in [0.05, 0.1) is 0 Å². The van der Waals surface area contributed by atoms with E-state index in [1.54, 1.807) is 0 Å². The van der Waals surface area contributed by atoms with Crippen LogP contribution in [0.5, 0.6) is 0 Å². The van der Waals surface area contributed by atoms with E-state index in [1.165, 1.54) is 38.5 Å². The zero-order chi connectivity index (χ0) is 11.5. The number of rotatable bonds is 3. The second kappa shape index (κ2) is 5.50. The highest BCUT2D eigenvalue weighted by atomic mass is 16.3. The van der Waals surface area contributed by atoms with Crippen LogP contribution in [0.1, 0.15) is 52.4 Å². The van der Waals surface area contributed by atoms with Crippen LogP contribution in [-0.4, -0.2) is 23.8 Å². The molecule has 0 radical (unpaired) electrons. The third kappa shape index (κ3) is 2.78. The number of aliphatic hydroxyl groups is 1. The lowest BCUT2D eigenvalue weighted by molar-refractivity contribution is 0.172. The zero-order valence-corrected chi connectivity index (χ0v) is 10.8. The van der Waals surface area contributed by atoms with Gasteiger partial charge in [-0.1, -0.05) is 20.3 Å². The fourth-order valence-corrected chi connectivity index (χ4v) is 3.48. The van der Waals surface area contributed by atoms with Gasteiger partial charge in [0.2, 0.25) is 0 Å². The van der Waals surface area contributed by atoms with E-state index in [9.17, 15) is 5.11 Å². The van der Waals surface area contributed by atoms with Gasteiger partial charge in [-0.2, -0.15) is 0 Å². The third-order valence-corrected chi connectivity index (χ3v) is 4.94. The summed E-state index contributed by atoms with van der Waals surface area (Å²) in [5, 5.41) is 13.1. The maximum Gasteiger partial charge on any atom is 0.0474 e. The topological polar surface area (TPSA) is 32.3 Å². The minimum absolute atomic E-state index is 0.371. The van der Waals surface area contributed by atoms with Gasteiger partial charge in [-0.15, -0.1) is 0 Å². The van der Waals surface area contributed by atoms with Crippen molar-refractivity contribution in [2.75, 3.05) is 6.61 Å². The average molecular weight is 225 g/mol. The molecule has 2 saturated carbocycles. The second-order valence-electron chi connectivity index (χ2n) is 6.11. The van der Waals surface area contributed by atoms with Crippen LogP contribution in [0.3, 0.4) is 0 Å². The summed E-state index contributed by atoms with van der Waals surface area (Å²) in [5.41, 5.74) is 0. The number of hydrogen-bond donors (Lipinski definition) is 2. The molecule has 0 heterocycles. The van der Waals surface area contributed by atoms with E-state index in [-0.39, 0.29) is 0 Å². The summed E-state index contributed by atoms with van der Waals surface area (Å²) in [6.45, 7) is 5.14. The predicted octanol–water partition coefficient (Wildman–Crippen LogP) is 2.56. The SMILES string of the molecule is CC1CCC(NC2CCCC2CO)CC1C. The molecule has 0 amide bonds. The lowest BCUT2D eigenvalue weighted by atomic mass is 9.79. The fraction of sp³-hybridized carbons (Fsp3) is 1.00. The van der Waals surface area contributed by atoms with E-state index in [1.807, 2.05) is 0 Å². The van der Waals surface area contributed by atoms with Gasteiger partial charge in [0.25, 0.3) is 0 Å². The molecule has 2 aliphatic rings. The van der Waals surface area contributed by atoms with E-state index in [0.717, 1.165) is 11.8 Å². The van der Waals surface area contributed by atoms with Crippen molar-refractivity contribution in [1.82, 2.24) is 5.32 Å². The van der Waals surface area contributed by atoms with Crippen LogP contribution in [0.2, 0.25) is 0 Å². The van der Waals surface area contributed by atoms with Gasteiger partial charge in [0.1, 0.15) is 0 Å². The fourth-order valence-electron chi connectivity index (χ4n) is 3.48. The molecule has 0 aromatic rings. The molecule has 2 N–H and O–H groups in total. The number of nitrogens with one attached hydrogen (secondary N) is 1. The Kier molecular flexibility index (Phi) is 4.26. The van der Waals surface area contributed by atoms with Crippen LogP contribution in [0.15, 0.2) is 0 Å². The summed E-state index contributed by atoms with van der Waals surface area (Å²) in [7, 11) is 0. The van der Waals surface area contributed by atoms with E-state index >= 15 is 0 Å². The van der Waals surface area contributed by atoms with Crippen molar-refractivity contribution in [3.8, 4) is 0 Å². The summed E-state index contributed by atoms with van der Waals surface area (Å²) >= 11 is 0. The Bertz CT molecular complexity index is 219. The molecule has 5 unspecified atom stereocenters. The van der Waals surface area contributed by atoms with Crippen LogP contribution in [-0.2, 0) is 0 Å². The van der Waals surface area contributed by atoms with E-state index in [0.29, 0.717) is 24.6 Å². The highest BCUT2D eigenvalue weighted by Gasteiger charge is 2.31. The van der Waals surface area contributed by atoms with Gasteiger partial charge in [0.15, 0.2) is 0 Å². The van der Waals surface area contributed by atoms with Crippen LogP contribution in [0.25, 0.3) is 0 Å². The molecule has 0 bridgehead atoms. The highest BCUT2D eigenvalue weighted by molar-refractivity contribution is 4.88. The van der Waals surface area contributed by atoms with E-state index in [2.05, 4.69) is 19.2 Å². The Labute approximate surface area is 99.8 Å². The summed E-state index contributed by atoms with van der Waals surface area (Å²) in [4.78, 5) is 0. The first-order valence-electron chi connectivity index (χ1n) is 7.07. The van der Waals surface area contributed by atoms with Crippen molar-refractivity contribution < 1.29 is 5.11 Å². The molecule has 2 fully saturated rings. The number of aliphatic hydroxyl groups excluding tert-OH is 1. The van der Waals surface area contributed by atoms with Gasteiger partial charge < -0.3 is 10.4 Å². The smallest absolute Gasteiger partial charge is 0.0474 e. The maximum atomic E-state index is 9.32. The van der Waals surface area contributed by atoms with Gasteiger partial charge in [-0.25, -0.2) is 0 Å². The molecule has 2 aliphatic carbocycles. The van der Waals surface area contributed by atoms with Crippen molar-refractivity contribution >= 4 is 0 Å². The molecule has 16 heavy (non-hydrogen) atoms. The first kappa shape index (κ1) is 12.4. The van der Waals surface area contributed by atoms with Crippen LogP contribution < -0.4 is 5.32 Å². The monoisotopic (exact) mass is 225 g/mol. The normalized spacial score (nSPS) is 44.8. The van der Waals surface area contributed by atoms with Gasteiger partial charge in [-0.3, -0.25) is 0 Å². The predicted molar refractivity (Wildman–Crippen MR) is 67.3 cm³/mol. The van der Waals surface area contributed by atoms with Crippen molar-refractivity contribution in [3.63, 3.8) is 0 Å². The largest absolute Gasteiger partial charge is 0.396 e. The quantitative estimate of drug-likeness (QED) is 0.773. The minimum atomic E-state index is 0.371. The third-order valence-electron chi connectivity index (χ3n) is 4.94. The molecule has 2 rings (SSSR count). The molecular weight excluding hydrogens is 198 g/mol. The Balaban J connectivity index is 1.81. The summed E-state index contributed by atoms with van der Waals surface area (Å²) in [6, 6.07) is 1.30. The average Bonchev–Trinajstić information content (AvgIpc) is 2.71. The van der Waals surface area contributed by atoms with Crippen LogP contribution >= 0.6 is 0 Å². The molecule has 2 nitrogen and oxygen atoms in total. The Morgan fingerprint density at radius 2 is 1.88 bits per heavy atom. The summed E-state index contributed by atoms with van der Waals surface area (Å²) in [6.07, 6.45) is 7.81. The first-order valence-corrected chi connectivity index (χ1v) is 7.07. The van der Waals surface area contributed by atoms with Gasteiger partial charge in [0, 0.05) is 18.7 Å². The maximum absolute atomic E-state index is 9.32. The lowest BCUT2D eigenvalue weighted by Crippen LogP contribution is -2.44. The second-order valence-corrected chi connectivity index (χ2v) is 6.11. The molecule has 0 spiro atoms. The van der Waals surface area contributed by atoms with Crippen molar-refractivity contribution in [2.24, 2.45) is 17.8 Å². The zero-order valence-electron chi connectivity index (χ0n) is 10.8. The Hall–Kier alpha value is -0.0800. The molecule has 94 valence electrons. The first-order chi connectivity index (χ1) is 7.70. The highest BCUT2D eigenvalue weighted by Crippen LogP contribution is 2.32. The summed E-state index contributed by atoms with van der Waals surface area (Å²) < 4.78 is 0. The minimum Gasteiger partial charge on any atom is -0.396 e. The molecule has 0 aromatic carbocycles. The van der Waals surface area contributed by atoms with Gasteiger partial charge >= 0.3 is 0 Å². The molecular formula is C14H27NO. The number of hydrogen-bond acceptors (Lipinski definition) is 2. The molecule has 0 saturated heterocycles. The van der Waals surface area contributed by atoms with E-state index < -0.39 is 0 Å². The Morgan fingerprint density at radius 3 is 2.56 bits per heavy atom. The van der Waals surface area contributed by atoms with Gasteiger partial charge in [-0.05, 0) is 49.9 Å². The van der Waals surface area contributed by atoms with Crippen LogP contribution in [0, 0.1) is 17.8 Å². The molecule has 0 aromatic heterocycles. The standard InChI is InChI=1S/C14H27NO/c1-10-6-7-13(8-11(10)2)15-14-5-3-4-12(14)9-16/h10-16H,3-9H2,1-2H3. The van der Waals surface area contributed by atoms with Crippen LogP contribution in [0.4, 0.5) is 0 Å². The van der Waals surface area contributed by atoms with Crippen molar-refractivity contribution in [2.45, 2.75) is 64.5 Å². The molecule has 0 aliphatic heterocycles. The van der Waals surface area contributed by atoms with Crippen molar-refractivity contribution in [1.29, 1.82) is 0 Å². The van der Waals surface area contributed by atoms with E-state index in [4.69, 9.17) is 0 Å². The molecule has 2 heteroatoms. The van der Waals surface area contributed by atoms with Crippen molar-refractivity contribution in [3.05, 3.63) is 0 Å². The Morgan fingerprint density at radius 1 is 1.06 bits per heavy atom. The summed E-state index contributed by atoms with van der Waals surface area (Å²) in [5.74, 6) is 2.28. The molecule has 5 atom stereocenters.